The van der Waals surface area contributed by atoms with E-state index < -0.39 is 0 Å². The standard InChI is InChI=1S/C19H23N5O/c1-14-13-17(22-18(21-14)15-3-4-15)23-9-2-10-24(12-11-23)19(25)16-5-7-20-8-6-16/h5-8,13,15H,2-4,9-12H2,1H3. The highest BCUT2D eigenvalue weighted by atomic mass is 16.2. The second-order valence-electron chi connectivity index (χ2n) is 6.87. The van der Waals surface area contributed by atoms with Crippen molar-refractivity contribution in [2.75, 3.05) is 31.1 Å². The normalized spacial score (nSPS) is 18.1. The summed E-state index contributed by atoms with van der Waals surface area (Å²) in [6.45, 7) is 5.24. The summed E-state index contributed by atoms with van der Waals surface area (Å²) in [6.07, 6.45) is 6.69. The third kappa shape index (κ3) is 3.62. The summed E-state index contributed by atoms with van der Waals surface area (Å²) in [4.78, 5) is 30.2. The number of carbonyl (C=O) groups excluding carboxylic acids is 1. The van der Waals surface area contributed by atoms with Gasteiger partial charge in [-0.15, -0.1) is 0 Å². The van der Waals surface area contributed by atoms with Gasteiger partial charge in [-0.2, -0.15) is 0 Å². The topological polar surface area (TPSA) is 62.2 Å². The zero-order chi connectivity index (χ0) is 17.2. The van der Waals surface area contributed by atoms with E-state index in [0.29, 0.717) is 18.0 Å². The van der Waals surface area contributed by atoms with Crippen LogP contribution in [0.15, 0.2) is 30.6 Å². The third-order valence-corrected chi connectivity index (χ3v) is 4.83. The lowest BCUT2D eigenvalue weighted by atomic mass is 10.2. The Balaban J connectivity index is 1.47. The average molecular weight is 337 g/mol. The third-order valence-electron chi connectivity index (χ3n) is 4.83. The number of pyridine rings is 1. The molecule has 3 heterocycles. The minimum atomic E-state index is 0.0850. The maximum atomic E-state index is 12.7. The van der Waals surface area contributed by atoms with E-state index in [1.54, 1.807) is 24.5 Å². The Morgan fingerprint density at radius 2 is 1.88 bits per heavy atom. The summed E-state index contributed by atoms with van der Waals surface area (Å²) in [5.41, 5.74) is 1.73. The fraction of sp³-hybridized carbons (Fsp3) is 0.474. The van der Waals surface area contributed by atoms with E-state index >= 15 is 0 Å². The van der Waals surface area contributed by atoms with Gasteiger partial charge in [-0.3, -0.25) is 9.78 Å². The van der Waals surface area contributed by atoms with Gasteiger partial charge in [-0.25, -0.2) is 9.97 Å². The van der Waals surface area contributed by atoms with Gasteiger partial charge in [0, 0.05) is 61.8 Å². The lowest BCUT2D eigenvalue weighted by Crippen LogP contribution is -2.35. The van der Waals surface area contributed by atoms with Gasteiger partial charge in [0.05, 0.1) is 0 Å². The van der Waals surface area contributed by atoms with Crippen LogP contribution < -0.4 is 4.90 Å². The summed E-state index contributed by atoms with van der Waals surface area (Å²) in [7, 11) is 0. The second-order valence-corrected chi connectivity index (χ2v) is 6.87. The lowest BCUT2D eigenvalue weighted by Gasteiger charge is -2.23. The molecule has 0 radical (unpaired) electrons. The summed E-state index contributed by atoms with van der Waals surface area (Å²) < 4.78 is 0. The van der Waals surface area contributed by atoms with Gasteiger partial charge in [0.25, 0.3) is 5.91 Å². The Hall–Kier alpha value is -2.50. The van der Waals surface area contributed by atoms with E-state index in [4.69, 9.17) is 4.98 Å². The number of hydrogen-bond donors (Lipinski definition) is 0. The zero-order valence-electron chi connectivity index (χ0n) is 14.6. The summed E-state index contributed by atoms with van der Waals surface area (Å²) >= 11 is 0. The molecule has 1 aliphatic carbocycles. The zero-order valence-corrected chi connectivity index (χ0v) is 14.6. The largest absolute Gasteiger partial charge is 0.355 e. The van der Waals surface area contributed by atoms with Crippen molar-refractivity contribution in [1.29, 1.82) is 0 Å². The van der Waals surface area contributed by atoms with Crippen LogP contribution in [0.1, 0.15) is 47.1 Å². The van der Waals surface area contributed by atoms with E-state index in [2.05, 4.69) is 20.9 Å². The molecule has 0 unspecified atom stereocenters. The average Bonchev–Trinajstić information content (AvgIpc) is 3.48. The molecule has 4 rings (SSSR count). The van der Waals surface area contributed by atoms with Crippen LogP contribution in [0.25, 0.3) is 0 Å². The molecule has 25 heavy (non-hydrogen) atoms. The number of amides is 1. The molecule has 1 saturated heterocycles. The number of aryl methyl sites for hydroxylation is 1. The van der Waals surface area contributed by atoms with Crippen molar-refractivity contribution in [2.24, 2.45) is 0 Å². The number of rotatable bonds is 3. The second kappa shape index (κ2) is 6.78. The molecular formula is C19H23N5O. The van der Waals surface area contributed by atoms with Crippen molar-refractivity contribution in [3.05, 3.63) is 47.7 Å². The molecule has 0 aromatic carbocycles. The molecule has 130 valence electrons. The minimum absolute atomic E-state index is 0.0850. The molecule has 0 bridgehead atoms. The predicted octanol–water partition coefficient (Wildman–Crippen LogP) is 2.41. The number of nitrogens with zero attached hydrogens (tertiary/aromatic N) is 5. The fourth-order valence-corrected chi connectivity index (χ4v) is 3.29. The van der Waals surface area contributed by atoms with Crippen LogP contribution in [0.4, 0.5) is 5.82 Å². The smallest absolute Gasteiger partial charge is 0.254 e. The van der Waals surface area contributed by atoms with Crippen LogP contribution in [0.2, 0.25) is 0 Å². The Morgan fingerprint density at radius 1 is 1.08 bits per heavy atom. The number of hydrogen-bond acceptors (Lipinski definition) is 5. The monoisotopic (exact) mass is 337 g/mol. The Labute approximate surface area is 147 Å². The van der Waals surface area contributed by atoms with Crippen molar-refractivity contribution in [3.63, 3.8) is 0 Å². The Bertz CT molecular complexity index is 760. The summed E-state index contributed by atoms with van der Waals surface area (Å²) in [5.74, 6) is 2.63. The van der Waals surface area contributed by atoms with E-state index in [9.17, 15) is 4.79 Å². The van der Waals surface area contributed by atoms with Crippen molar-refractivity contribution >= 4 is 11.7 Å². The first-order valence-corrected chi connectivity index (χ1v) is 9.00. The highest BCUT2D eigenvalue weighted by Gasteiger charge is 2.28. The van der Waals surface area contributed by atoms with Crippen molar-refractivity contribution in [2.45, 2.75) is 32.1 Å². The molecular weight excluding hydrogens is 314 g/mol. The molecule has 6 heteroatoms. The molecule has 2 aromatic heterocycles. The van der Waals surface area contributed by atoms with Gasteiger partial charge >= 0.3 is 0 Å². The maximum absolute atomic E-state index is 12.7. The minimum Gasteiger partial charge on any atom is -0.355 e. The summed E-state index contributed by atoms with van der Waals surface area (Å²) in [6, 6.07) is 5.62. The van der Waals surface area contributed by atoms with Crippen LogP contribution in [0.5, 0.6) is 0 Å². The molecule has 1 saturated carbocycles. The van der Waals surface area contributed by atoms with Gasteiger partial charge in [0.1, 0.15) is 11.6 Å². The first-order valence-electron chi connectivity index (χ1n) is 9.00. The molecule has 0 atom stereocenters. The molecule has 6 nitrogen and oxygen atoms in total. The van der Waals surface area contributed by atoms with Crippen molar-refractivity contribution in [3.8, 4) is 0 Å². The first-order chi connectivity index (χ1) is 12.2. The van der Waals surface area contributed by atoms with Crippen LogP contribution in [0, 0.1) is 6.92 Å². The maximum Gasteiger partial charge on any atom is 0.254 e. The summed E-state index contributed by atoms with van der Waals surface area (Å²) in [5, 5.41) is 0. The van der Waals surface area contributed by atoms with Crippen LogP contribution in [-0.4, -0.2) is 51.9 Å². The van der Waals surface area contributed by atoms with Crippen molar-refractivity contribution in [1.82, 2.24) is 19.9 Å². The first kappa shape index (κ1) is 16.0. The van der Waals surface area contributed by atoms with Crippen LogP contribution >= 0.6 is 0 Å². The number of aromatic nitrogens is 3. The van der Waals surface area contributed by atoms with Crippen LogP contribution in [0.3, 0.4) is 0 Å². The highest BCUT2D eigenvalue weighted by Crippen LogP contribution is 2.38. The molecule has 1 aliphatic heterocycles. The molecule has 1 amide bonds. The van der Waals surface area contributed by atoms with E-state index in [-0.39, 0.29) is 5.91 Å². The van der Waals surface area contributed by atoms with E-state index in [1.165, 1.54) is 12.8 Å². The highest BCUT2D eigenvalue weighted by molar-refractivity contribution is 5.94. The van der Waals surface area contributed by atoms with Crippen LogP contribution in [-0.2, 0) is 0 Å². The lowest BCUT2D eigenvalue weighted by molar-refractivity contribution is 0.0767. The van der Waals surface area contributed by atoms with Gasteiger partial charge in [-0.1, -0.05) is 0 Å². The molecule has 2 fully saturated rings. The Morgan fingerprint density at radius 3 is 2.64 bits per heavy atom. The SMILES string of the molecule is Cc1cc(N2CCCN(C(=O)c3ccncc3)CC2)nc(C2CC2)n1. The van der Waals surface area contributed by atoms with Gasteiger partial charge in [0.15, 0.2) is 0 Å². The molecule has 0 spiro atoms. The molecule has 2 aliphatic rings. The quantitative estimate of drug-likeness (QED) is 0.861. The molecule has 0 N–H and O–H groups in total. The van der Waals surface area contributed by atoms with Gasteiger partial charge < -0.3 is 9.80 Å². The van der Waals surface area contributed by atoms with Crippen molar-refractivity contribution < 1.29 is 4.79 Å². The van der Waals surface area contributed by atoms with Gasteiger partial charge in [-0.05, 0) is 38.3 Å². The molecule has 2 aromatic rings. The van der Waals surface area contributed by atoms with E-state index in [0.717, 1.165) is 43.4 Å². The Kier molecular flexibility index (Phi) is 4.34. The number of carbonyl (C=O) groups is 1. The van der Waals surface area contributed by atoms with Gasteiger partial charge in [0.2, 0.25) is 0 Å². The predicted molar refractivity (Wildman–Crippen MR) is 95.7 cm³/mol. The van der Waals surface area contributed by atoms with E-state index in [1.807, 2.05) is 11.8 Å². The fourth-order valence-electron chi connectivity index (χ4n) is 3.29. The number of anilines is 1.